The van der Waals surface area contributed by atoms with Crippen molar-refractivity contribution in [2.24, 2.45) is 11.8 Å². The van der Waals surface area contributed by atoms with Gasteiger partial charge in [0.25, 0.3) is 0 Å². The lowest BCUT2D eigenvalue weighted by Gasteiger charge is -2.26. The van der Waals surface area contributed by atoms with E-state index >= 15 is 0 Å². The van der Waals surface area contributed by atoms with Gasteiger partial charge in [0, 0.05) is 7.11 Å². The molecule has 3 unspecified atom stereocenters. The quantitative estimate of drug-likeness (QED) is 0.833. The predicted octanol–water partition coefficient (Wildman–Crippen LogP) is 2.96. The highest BCUT2D eigenvalue weighted by molar-refractivity contribution is 5.15. The summed E-state index contributed by atoms with van der Waals surface area (Å²) in [5, 5.41) is 12.9. The average Bonchev–Trinajstić information content (AvgIpc) is 3.11. The van der Waals surface area contributed by atoms with Gasteiger partial charge < -0.3 is 9.26 Å². The zero-order valence-electron chi connectivity index (χ0n) is 11.2. The number of ether oxygens (including phenoxy) is 1. The van der Waals surface area contributed by atoms with Gasteiger partial charge in [-0.25, -0.2) is 0 Å². The molecule has 1 aromatic heterocycles. The van der Waals surface area contributed by atoms with E-state index in [1.165, 1.54) is 32.1 Å². The molecule has 0 N–H and O–H groups in total. The third kappa shape index (κ3) is 2.50. The summed E-state index contributed by atoms with van der Waals surface area (Å²) >= 11 is 0. The summed E-state index contributed by atoms with van der Waals surface area (Å²) < 4.78 is 10.9. The fourth-order valence-electron chi connectivity index (χ4n) is 3.07. The van der Waals surface area contributed by atoms with Crippen molar-refractivity contribution in [3.8, 4) is 6.07 Å². The summed E-state index contributed by atoms with van der Waals surface area (Å²) in [6.07, 6.45) is 6.97. The van der Waals surface area contributed by atoms with Crippen LogP contribution < -0.4 is 0 Å². The molecule has 19 heavy (non-hydrogen) atoms. The van der Waals surface area contributed by atoms with Crippen LogP contribution in [0.5, 0.6) is 0 Å². The number of hydrogen-bond donors (Lipinski definition) is 0. The Labute approximate surface area is 112 Å². The lowest BCUT2D eigenvalue weighted by atomic mass is 9.85. The predicted molar refractivity (Wildman–Crippen MR) is 67.1 cm³/mol. The van der Waals surface area contributed by atoms with E-state index in [9.17, 15) is 0 Å². The highest BCUT2D eigenvalue weighted by Gasteiger charge is 2.43. The molecule has 1 aromatic rings. The van der Waals surface area contributed by atoms with Crippen molar-refractivity contribution < 1.29 is 9.26 Å². The molecule has 3 atom stereocenters. The molecule has 0 bridgehead atoms. The maximum Gasteiger partial charge on any atom is 0.231 e. The average molecular weight is 261 g/mol. The minimum atomic E-state index is -0.0583. The van der Waals surface area contributed by atoms with Gasteiger partial charge in [0.05, 0.1) is 17.9 Å². The number of nitriles is 1. The third-order valence-electron chi connectivity index (χ3n) is 4.32. The van der Waals surface area contributed by atoms with Crippen LogP contribution in [0.25, 0.3) is 0 Å². The molecule has 2 saturated carbocycles. The van der Waals surface area contributed by atoms with Crippen LogP contribution in [0.2, 0.25) is 0 Å². The van der Waals surface area contributed by atoms with E-state index < -0.39 is 0 Å². The Morgan fingerprint density at radius 1 is 1.37 bits per heavy atom. The molecule has 0 aromatic carbocycles. The van der Waals surface area contributed by atoms with Crippen LogP contribution in [0.15, 0.2) is 4.52 Å². The van der Waals surface area contributed by atoms with E-state index in [2.05, 4.69) is 16.2 Å². The lowest BCUT2D eigenvalue weighted by molar-refractivity contribution is 0.0273. The number of rotatable bonds is 4. The van der Waals surface area contributed by atoms with Gasteiger partial charge in [0.2, 0.25) is 11.7 Å². The van der Waals surface area contributed by atoms with Gasteiger partial charge >= 0.3 is 0 Å². The van der Waals surface area contributed by atoms with Gasteiger partial charge in [-0.1, -0.05) is 24.4 Å². The molecule has 102 valence electrons. The summed E-state index contributed by atoms with van der Waals surface area (Å²) in [4.78, 5) is 4.46. The maximum atomic E-state index is 8.84. The van der Waals surface area contributed by atoms with Crippen LogP contribution in [-0.2, 0) is 4.74 Å². The molecule has 2 fully saturated rings. The normalized spacial score (nSPS) is 28.8. The summed E-state index contributed by atoms with van der Waals surface area (Å²) in [6.45, 7) is 0. The van der Waals surface area contributed by atoms with Crippen LogP contribution in [0, 0.1) is 23.2 Å². The summed E-state index contributed by atoms with van der Waals surface area (Å²) in [5.41, 5.74) is 0. The zero-order valence-corrected chi connectivity index (χ0v) is 11.2. The Kier molecular flexibility index (Phi) is 3.52. The Bertz CT molecular complexity index is 473. The maximum absolute atomic E-state index is 8.84. The van der Waals surface area contributed by atoms with Crippen LogP contribution in [0.1, 0.15) is 62.3 Å². The van der Waals surface area contributed by atoms with Crippen molar-refractivity contribution in [2.75, 3.05) is 7.11 Å². The van der Waals surface area contributed by atoms with E-state index in [0.717, 1.165) is 6.42 Å². The first kappa shape index (κ1) is 12.6. The summed E-state index contributed by atoms with van der Waals surface area (Å²) in [7, 11) is 1.71. The molecule has 0 saturated heterocycles. The van der Waals surface area contributed by atoms with Crippen molar-refractivity contribution in [1.82, 2.24) is 10.1 Å². The van der Waals surface area contributed by atoms with Crippen molar-refractivity contribution in [2.45, 2.75) is 50.5 Å². The van der Waals surface area contributed by atoms with Gasteiger partial charge in [-0.2, -0.15) is 10.2 Å². The largest absolute Gasteiger partial charge is 0.373 e. The highest BCUT2D eigenvalue weighted by Crippen LogP contribution is 2.46. The number of nitrogens with zero attached hydrogens (tertiary/aromatic N) is 3. The first-order chi connectivity index (χ1) is 9.33. The number of methoxy groups -OCH3 is 1. The highest BCUT2D eigenvalue weighted by atomic mass is 16.5. The molecule has 0 radical (unpaired) electrons. The van der Waals surface area contributed by atoms with Crippen molar-refractivity contribution >= 4 is 0 Å². The SMILES string of the molecule is COC(c1noc(C2CC2C#N)n1)C1CCCCC1. The third-order valence-corrected chi connectivity index (χ3v) is 4.32. The van der Waals surface area contributed by atoms with E-state index in [4.69, 9.17) is 14.5 Å². The molecular weight excluding hydrogens is 242 g/mol. The summed E-state index contributed by atoms with van der Waals surface area (Å²) in [6, 6.07) is 2.24. The number of aromatic nitrogens is 2. The standard InChI is InChI=1S/C14H19N3O2/c1-18-12(9-5-3-2-4-6-9)13-16-14(19-17-13)11-7-10(11)8-15/h9-12H,2-7H2,1H3. The minimum Gasteiger partial charge on any atom is -0.373 e. The first-order valence-electron chi connectivity index (χ1n) is 7.09. The second-order valence-electron chi connectivity index (χ2n) is 5.62. The minimum absolute atomic E-state index is 0.0583. The van der Waals surface area contributed by atoms with Crippen LogP contribution in [0.4, 0.5) is 0 Å². The molecule has 5 nitrogen and oxygen atoms in total. The fraction of sp³-hybridized carbons (Fsp3) is 0.786. The van der Waals surface area contributed by atoms with E-state index in [1.807, 2.05) is 0 Å². The van der Waals surface area contributed by atoms with E-state index in [0.29, 0.717) is 17.6 Å². The molecule has 0 amide bonds. The zero-order chi connectivity index (χ0) is 13.2. The molecule has 2 aliphatic rings. The fourth-order valence-corrected chi connectivity index (χ4v) is 3.07. The molecule has 1 heterocycles. The van der Waals surface area contributed by atoms with E-state index in [-0.39, 0.29) is 17.9 Å². The molecule has 2 aliphatic carbocycles. The molecule has 0 spiro atoms. The van der Waals surface area contributed by atoms with Gasteiger partial charge in [0.1, 0.15) is 6.10 Å². The lowest BCUT2D eigenvalue weighted by Crippen LogP contribution is -2.19. The molecule has 0 aliphatic heterocycles. The Morgan fingerprint density at radius 3 is 2.79 bits per heavy atom. The molecule has 3 rings (SSSR count). The van der Waals surface area contributed by atoms with Crippen molar-refractivity contribution in [3.05, 3.63) is 11.7 Å². The topological polar surface area (TPSA) is 71.9 Å². The monoisotopic (exact) mass is 261 g/mol. The van der Waals surface area contributed by atoms with Gasteiger partial charge in [-0.05, 0) is 25.2 Å². The first-order valence-corrected chi connectivity index (χ1v) is 7.09. The molecule has 5 heteroatoms. The van der Waals surface area contributed by atoms with Crippen LogP contribution >= 0.6 is 0 Å². The second kappa shape index (κ2) is 5.30. The Morgan fingerprint density at radius 2 is 2.16 bits per heavy atom. The molecular formula is C14H19N3O2. The second-order valence-corrected chi connectivity index (χ2v) is 5.62. The Balaban J connectivity index is 1.71. The van der Waals surface area contributed by atoms with Crippen LogP contribution in [-0.4, -0.2) is 17.3 Å². The number of hydrogen-bond acceptors (Lipinski definition) is 5. The van der Waals surface area contributed by atoms with Crippen LogP contribution in [0.3, 0.4) is 0 Å². The smallest absolute Gasteiger partial charge is 0.231 e. The summed E-state index contributed by atoms with van der Waals surface area (Å²) in [5.74, 6) is 1.97. The Hall–Kier alpha value is -1.41. The van der Waals surface area contributed by atoms with E-state index in [1.54, 1.807) is 7.11 Å². The van der Waals surface area contributed by atoms with Gasteiger partial charge in [0.15, 0.2) is 0 Å². The van der Waals surface area contributed by atoms with Gasteiger partial charge in [-0.3, -0.25) is 0 Å². The van der Waals surface area contributed by atoms with Gasteiger partial charge in [-0.15, -0.1) is 0 Å². The van der Waals surface area contributed by atoms with Crippen molar-refractivity contribution in [3.63, 3.8) is 0 Å². The van der Waals surface area contributed by atoms with Crippen molar-refractivity contribution in [1.29, 1.82) is 5.26 Å².